The number of amides is 1. The van der Waals surface area contributed by atoms with Gasteiger partial charge >= 0.3 is 0 Å². The number of nitrogens with one attached hydrogen (secondary N) is 1. The first-order valence-corrected chi connectivity index (χ1v) is 9.63. The van der Waals surface area contributed by atoms with Gasteiger partial charge in [0, 0.05) is 25.8 Å². The number of aryl methyl sites for hydroxylation is 1. The van der Waals surface area contributed by atoms with Crippen LogP contribution in [0.2, 0.25) is 0 Å². The third-order valence-corrected chi connectivity index (χ3v) is 5.14. The van der Waals surface area contributed by atoms with E-state index in [4.69, 9.17) is 4.98 Å². The first kappa shape index (κ1) is 19.6. The summed E-state index contributed by atoms with van der Waals surface area (Å²) in [6.07, 6.45) is 5.07. The Morgan fingerprint density at radius 2 is 2.14 bits per heavy atom. The summed E-state index contributed by atoms with van der Waals surface area (Å²) in [4.78, 5) is 32.3. The second-order valence-electron chi connectivity index (χ2n) is 7.24. The molecule has 1 fully saturated rings. The van der Waals surface area contributed by atoms with Gasteiger partial charge in [-0.15, -0.1) is 0 Å². The number of carbonyl (C=O) groups is 1. The normalized spacial score (nSPS) is 15.5. The number of aromatic nitrogens is 2. The Kier molecular flexibility index (Phi) is 5.78. The highest BCUT2D eigenvalue weighted by Crippen LogP contribution is 2.25. The van der Waals surface area contributed by atoms with Crippen LogP contribution in [0.4, 0.5) is 5.82 Å². The van der Waals surface area contributed by atoms with Gasteiger partial charge in [0.25, 0.3) is 11.5 Å². The number of likely N-dealkylation sites (N-methyl/N-ethyl adjacent to an activating group) is 1. The molecule has 3 rings (SSSR count). The highest BCUT2D eigenvalue weighted by Gasteiger charge is 2.23. The van der Waals surface area contributed by atoms with Crippen molar-refractivity contribution in [2.45, 2.75) is 33.6 Å². The molecule has 1 aliphatic heterocycles. The predicted octanol–water partition coefficient (Wildman–Crippen LogP) is 2.28. The molecular weight excluding hydrogens is 354 g/mol. The minimum absolute atomic E-state index is 0.0972. The van der Waals surface area contributed by atoms with E-state index in [0.29, 0.717) is 23.9 Å². The van der Waals surface area contributed by atoms with Gasteiger partial charge in [-0.1, -0.05) is 13.0 Å². The van der Waals surface area contributed by atoms with Crippen LogP contribution < -0.4 is 15.8 Å². The van der Waals surface area contributed by atoms with E-state index in [9.17, 15) is 14.9 Å². The zero-order valence-electron chi connectivity index (χ0n) is 16.5. The van der Waals surface area contributed by atoms with Crippen LogP contribution >= 0.6 is 0 Å². The minimum Gasteiger partial charge on any atom is -0.356 e. The molecular formula is C21H25N5O2. The van der Waals surface area contributed by atoms with Crippen molar-refractivity contribution >= 4 is 23.4 Å². The molecule has 1 aliphatic rings. The molecule has 0 spiro atoms. The Morgan fingerprint density at radius 3 is 2.79 bits per heavy atom. The molecule has 2 aromatic rings. The SMILES string of the molecule is CCNC(=O)/C(C#N)=C/c1c(N2CCC(C)CC2)nc2c(C)cccn2c1=O. The fourth-order valence-electron chi connectivity index (χ4n) is 3.44. The number of pyridine rings is 1. The molecule has 2 aromatic heterocycles. The molecule has 0 aromatic carbocycles. The van der Waals surface area contributed by atoms with Crippen molar-refractivity contribution in [3.05, 3.63) is 45.4 Å². The van der Waals surface area contributed by atoms with Crippen LogP contribution in [0.25, 0.3) is 11.7 Å². The molecule has 0 unspecified atom stereocenters. The molecule has 0 bridgehead atoms. The van der Waals surface area contributed by atoms with E-state index < -0.39 is 5.91 Å². The lowest BCUT2D eigenvalue weighted by molar-refractivity contribution is -0.116. The van der Waals surface area contributed by atoms with E-state index in [0.717, 1.165) is 31.5 Å². The zero-order valence-corrected chi connectivity index (χ0v) is 16.5. The van der Waals surface area contributed by atoms with Crippen molar-refractivity contribution in [1.82, 2.24) is 14.7 Å². The molecule has 0 atom stereocenters. The lowest BCUT2D eigenvalue weighted by Crippen LogP contribution is -2.36. The van der Waals surface area contributed by atoms with Gasteiger partial charge in [-0.2, -0.15) is 5.26 Å². The number of hydrogen-bond donors (Lipinski definition) is 1. The first-order chi connectivity index (χ1) is 13.5. The van der Waals surface area contributed by atoms with Gasteiger partial charge in [-0.05, 0) is 50.3 Å². The molecule has 146 valence electrons. The maximum atomic E-state index is 13.3. The molecule has 0 radical (unpaired) electrons. The Hall–Kier alpha value is -3.14. The average molecular weight is 379 g/mol. The molecule has 28 heavy (non-hydrogen) atoms. The molecule has 7 heteroatoms. The van der Waals surface area contributed by atoms with Gasteiger partial charge < -0.3 is 10.2 Å². The van der Waals surface area contributed by atoms with Gasteiger partial charge in [-0.25, -0.2) is 4.98 Å². The average Bonchev–Trinajstić information content (AvgIpc) is 2.68. The van der Waals surface area contributed by atoms with Crippen molar-refractivity contribution in [2.24, 2.45) is 5.92 Å². The first-order valence-electron chi connectivity index (χ1n) is 9.63. The lowest BCUT2D eigenvalue weighted by atomic mass is 9.99. The second-order valence-corrected chi connectivity index (χ2v) is 7.24. The quantitative estimate of drug-likeness (QED) is 0.650. The van der Waals surface area contributed by atoms with Gasteiger partial charge in [0.15, 0.2) is 0 Å². The third-order valence-electron chi connectivity index (χ3n) is 5.14. The Labute approximate surface area is 164 Å². The van der Waals surface area contributed by atoms with Crippen LogP contribution in [0.5, 0.6) is 0 Å². The van der Waals surface area contributed by atoms with E-state index >= 15 is 0 Å². The van der Waals surface area contributed by atoms with Crippen LogP contribution in [0, 0.1) is 24.2 Å². The summed E-state index contributed by atoms with van der Waals surface area (Å²) in [6.45, 7) is 7.90. The number of fused-ring (bicyclic) bond motifs is 1. The van der Waals surface area contributed by atoms with Gasteiger partial charge in [0.1, 0.15) is 23.1 Å². The summed E-state index contributed by atoms with van der Waals surface area (Å²) in [5.74, 6) is 0.684. The number of carbonyl (C=O) groups excluding carboxylic acids is 1. The summed E-state index contributed by atoms with van der Waals surface area (Å²) >= 11 is 0. The van der Waals surface area contributed by atoms with Crippen molar-refractivity contribution < 1.29 is 4.79 Å². The Morgan fingerprint density at radius 1 is 1.43 bits per heavy atom. The summed E-state index contributed by atoms with van der Waals surface area (Å²) in [5.41, 5.74) is 1.39. The van der Waals surface area contributed by atoms with Crippen LogP contribution in [-0.4, -0.2) is 34.9 Å². The molecule has 1 saturated heterocycles. The van der Waals surface area contributed by atoms with Crippen LogP contribution in [0.1, 0.15) is 37.8 Å². The maximum Gasteiger partial charge on any atom is 0.267 e. The number of hydrogen-bond acceptors (Lipinski definition) is 5. The van der Waals surface area contributed by atoms with Crippen LogP contribution in [0.3, 0.4) is 0 Å². The van der Waals surface area contributed by atoms with E-state index in [1.54, 1.807) is 19.2 Å². The Balaban J connectivity index is 2.23. The molecule has 3 heterocycles. The Bertz CT molecular complexity index is 1020. The van der Waals surface area contributed by atoms with Crippen LogP contribution in [0.15, 0.2) is 28.7 Å². The molecule has 1 amide bonds. The fraction of sp³-hybridized carbons (Fsp3) is 0.429. The number of nitrogens with zero attached hydrogens (tertiary/aromatic N) is 4. The van der Waals surface area contributed by atoms with Crippen molar-refractivity contribution in [3.8, 4) is 6.07 Å². The predicted molar refractivity (Wildman–Crippen MR) is 109 cm³/mol. The van der Waals surface area contributed by atoms with E-state index in [1.807, 2.05) is 19.1 Å². The standard InChI is InChI=1S/C21H25N5O2/c1-4-23-20(27)16(13-22)12-17-19(25-10-7-14(2)8-11-25)24-18-15(3)6-5-9-26(18)21(17)28/h5-6,9,12,14H,4,7-8,10-11H2,1-3H3,(H,23,27)/b16-12+. The number of piperidine rings is 1. The topological polar surface area (TPSA) is 90.5 Å². The summed E-state index contributed by atoms with van der Waals surface area (Å²) in [7, 11) is 0. The van der Waals surface area contributed by atoms with E-state index in [2.05, 4.69) is 17.1 Å². The molecule has 1 N–H and O–H groups in total. The highest BCUT2D eigenvalue weighted by molar-refractivity contribution is 6.02. The number of anilines is 1. The summed E-state index contributed by atoms with van der Waals surface area (Å²) < 4.78 is 1.48. The van der Waals surface area contributed by atoms with Gasteiger partial charge in [0.2, 0.25) is 0 Å². The molecule has 7 nitrogen and oxygen atoms in total. The lowest BCUT2D eigenvalue weighted by Gasteiger charge is -2.32. The van der Waals surface area contributed by atoms with E-state index in [1.165, 1.54) is 10.5 Å². The van der Waals surface area contributed by atoms with Crippen LogP contribution in [-0.2, 0) is 4.79 Å². The number of nitriles is 1. The molecule has 0 saturated carbocycles. The van der Waals surface area contributed by atoms with Gasteiger partial charge in [-0.3, -0.25) is 14.0 Å². The van der Waals surface area contributed by atoms with E-state index in [-0.39, 0.29) is 16.7 Å². The minimum atomic E-state index is -0.489. The van der Waals surface area contributed by atoms with Crippen molar-refractivity contribution in [1.29, 1.82) is 5.26 Å². The maximum absolute atomic E-state index is 13.3. The fourth-order valence-corrected chi connectivity index (χ4v) is 3.44. The van der Waals surface area contributed by atoms with Gasteiger partial charge in [0.05, 0.1) is 5.56 Å². The largest absolute Gasteiger partial charge is 0.356 e. The second kappa shape index (κ2) is 8.26. The molecule has 0 aliphatic carbocycles. The zero-order chi connectivity index (χ0) is 20.3. The summed E-state index contributed by atoms with van der Waals surface area (Å²) in [6, 6.07) is 5.61. The van der Waals surface area contributed by atoms with Crippen molar-refractivity contribution in [3.63, 3.8) is 0 Å². The van der Waals surface area contributed by atoms with Crippen molar-refractivity contribution in [2.75, 3.05) is 24.5 Å². The highest BCUT2D eigenvalue weighted by atomic mass is 16.1. The summed E-state index contributed by atoms with van der Waals surface area (Å²) in [5, 5.41) is 12.1. The monoisotopic (exact) mass is 379 g/mol. The number of rotatable bonds is 4. The third kappa shape index (κ3) is 3.77. The smallest absolute Gasteiger partial charge is 0.267 e.